The predicted octanol–water partition coefficient (Wildman–Crippen LogP) is 2.33. The van der Waals surface area contributed by atoms with Gasteiger partial charge in [0, 0.05) is 24.9 Å². The van der Waals surface area contributed by atoms with E-state index in [0.717, 1.165) is 5.56 Å². The van der Waals surface area contributed by atoms with Gasteiger partial charge in [-0.3, -0.25) is 9.48 Å². The molecule has 1 aromatic carbocycles. The van der Waals surface area contributed by atoms with Crippen LogP contribution in [0.3, 0.4) is 0 Å². The van der Waals surface area contributed by atoms with E-state index in [9.17, 15) is 4.79 Å². The van der Waals surface area contributed by atoms with Crippen molar-refractivity contribution in [1.29, 1.82) is 0 Å². The molecule has 0 aliphatic rings. The Morgan fingerprint density at radius 1 is 1.30 bits per heavy atom. The van der Waals surface area contributed by atoms with Gasteiger partial charge >= 0.3 is 0 Å². The second-order valence-corrected chi connectivity index (χ2v) is 4.21. The van der Waals surface area contributed by atoms with Crippen LogP contribution >= 0.6 is 0 Å². The molecule has 1 aromatic heterocycles. The maximum atomic E-state index is 12.2. The van der Waals surface area contributed by atoms with Gasteiger partial charge in [0.1, 0.15) is 11.5 Å². The van der Waals surface area contributed by atoms with E-state index < -0.39 is 0 Å². The number of hydrogen-bond acceptors (Lipinski definition) is 4. The van der Waals surface area contributed by atoms with Gasteiger partial charge in [0.05, 0.1) is 26.0 Å². The highest BCUT2D eigenvalue weighted by Gasteiger charge is 2.10. The highest BCUT2D eigenvalue weighted by molar-refractivity contribution is 6.08. The van der Waals surface area contributed by atoms with Gasteiger partial charge in [-0.2, -0.15) is 5.10 Å². The molecule has 0 unspecified atom stereocenters. The standard InChI is InChI=1S/C15H16N2O3/c1-17-10-11(9-16-17)4-7-14(18)13-6-5-12(19-2)8-15(13)20-3/h4-10H,1-3H3/b7-4+. The molecular formula is C15H16N2O3. The Balaban J connectivity index is 2.22. The van der Waals surface area contributed by atoms with E-state index in [2.05, 4.69) is 5.10 Å². The lowest BCUT2D eigenvalue weighted by Crippen LogP contribution is -1.99. The van der Waals surface area contributed by atoms with Crippen molar-refractivity contribution in [3.05, 3.63) is 47.8 Å². The highest BCUT2D eigenvalue weighted by Crippen LogP contribution is 2.25. The number of hydrogen-bond donors (Lipinski definition) is 0. The van der Waals surface area contributed by atoms with Crippen molar-refractivity contribution in [3.63, 3.8) is 0 Å². The molecule has 5 nitrogen and oxygen atoms in total. The molecule has 0 N–H and O–H groups in total. The topological polar surface area (TPSA) is 53.3 Å². The molecule has 20 heavy (non-hydrogen) atoms. The van der Waals surface area contributed by atoms with Crippen molar-refractivity contribution in [2.45, 2.75) is 0 Å². The molecule has 0 aliphatic carbocycles. The van der Waals surface area contributed by atoms with Crippen LogP contribution in [-0.4, -0.2) is 29.8 Å². The minimum absolute atomic E-state index is 0.131. The fourth-order valence-corrected chi connectivity index (χ4v) is 1.79. The van der Waals surface area contributed by atoms with Crippen molar-refractivity contribution in [2.75, 3.05) is 14.2 Å². The van der Waals surface area contributed by atoms with E-state index in [4.69, 9.17) is 9.47 Å². The smallest absolute Gasteiger partial charge is 0.189 e. The molecule has 0 atom stereocenters. The highest BCUT2D eigenvalue weighted by atomic mass is 16.5. The lowest BCUT2D eigenvalue weighted by atomic mass is 10.1. The maximum absolute atomic E-state index is 12.2. The molecule has 0 saturated heterocycles. The quantitative estimate of drug-likeness (QED) is 0.619. The van der Waals surface area contributed by atoms with Gasteiger partial charge in [0.2, 0.25) is 0 Å². The molecule has 2 aromatic rings. The van der Waals surface area contributed by atoms with Gasteiger partial charge in [0.15, 0.2) is 5.78 Å². The van der Waals surface area contributed by atoms with Crippen molar-refractivity contribution < 1.29 is 14.3 Å². The van der Waals surface area contributed by atoms with Gasteiger partial charge in [-0.05, 0) is 24.3 Å². The average Bonchev–Trinajstić information content (AvgIpc) is 2.89. The molecule has 0 bridgehead atoms. The summed E-state index contributed by atoms with van der Waals surface area (Å²) in [7, 11) is 4.92. The number of carbonyl (C=O) groups is 1. The van der Waals surface area contributed by atoms with Gasteiger partial charge in [-0.1, -0.05) is 0 Å². The minimum Gasteiger partial charge on any atom is -0.497 e. The lowest BCUT2D eigenvalue weighted by molar-refractivity contribution is 0.104. The fraction of sp³-hybridized carbons (Fsp3) is 0.200. The summed E-state index contributed by atoms with van der Waals surface area (Å²) in [5.41, 5.74) is 1.36. The SMILES string of the molecule is COc1ccc(C(=O)/C=C/c2cnn(C)c2)c(OC)c1. The zero-order valence-corrected chi connectivity index (χ0v) is 11.7. The van der Waals surface area contributed by atoms with Crippen molar-refractivity contribution >= 4 is 11.9 Å². The number of benzene rings is 1. The Morgan fingerprint density at radius 3 is 2.70 bits per heavy atom. The first-order valence-electron chi connectivity index (χ1n) is 6.07. The van der Waals surface area contributed by atoms with Crippen molar-refractivity contribution in [2.24, 2.45) is 7.05 Å². The van der Waals surface area contributed by atoms with E-state index in [1.165, 1.54) is 13.2 Å². The lowest BCUT2D eigenvalue weighted by Gasteiger charge is -2.07. The minimum atomic E-state index is -0.131. The Morgan fingerprint density at radius 2 is 2.10 bits per heavy atom. The number of rotatable bonds is 5. The number of aromatic nitrogens is 2. The van der Waals surface area contributed by atoms with Gasteiger partial charge < -0.3 is 9.47 Å². The number of ketones is 1. The molecular weight excluding hydrogens is 256 g/mol. The third-order valence-electron chi connectivity index (χ3n) is 2.83. The average molecular weight is 272 g/mol. The summed E-state index contributed by atoms with van der Waals surface area (Å²) in [4.78, 5) is 12.2. The van der Waals surface area contributed by atoms with Gasteiger partial charge in [-0.25, -0.2) is 0 Å². The van der Waals surface area contributed by atoms with Crippen LogP contribution in [0.1, 0.15) is 15.9 Å². The Hall–Kier alpha value is -2.56. The molecule has 0 fully saturated rings. The molecule has 2 rings (SSSR count). The molecule has 5 heteroatoms. The van der Waals surface area contributed by atoms with Crippen LogP contribution in [0.5, 0.6) is 11.5 Å². The summed E-state index contributed by atoms with van der Waals surface area (Å²) in [6, 6.07) is 5.10. The zero-order chi connectivity index (χ0) is 14.5. The van der Waals surface area contributed by atoms with Crippen LogP contribution < -0.4 is 9.47 Å². The second kappa shape index (κ2) is 6.06. The van der Waals surface area contributed by atoms with Crippen LogP contribution in [0.15, 0.2) is 36.7 Å². The normalized spacial score (nSPS) is 10.8. The molecule has 0 aliphatic heterocycles. The van der Waals surface area contributed by atoms with Crippen LogP contribution in [0.25, 0.3) is 6.08 Å². The summed E-state index contributed by atoms with van der Waals surface area (Å²) < 4.78 is 12.0. The van der Waals surface area contributed by atoms with Crippen LogP contribution in [-0.2, 0) is 7.05 Å². The van der Waals surface area contributed by atoms with Crippen LogP contribution in [0.2, 0.25) is 0 Å². The summed E-state index contributed by atoms with van der Waals surface area (Å²) in [5.74, 6) is 1.01. The van der Waals surface area contributed by atoms with Gasteiger partial charge in [0.25, 0.3) is 0 Å². The van der Waals surface area contributed by atoms with E-state index in [0.29, 0.717) is 17.1 Å². The summed E-state index contributed by atoms with van der Waals surface area (Å²) >= 11 is 0. The van der Waals surface area contributed by atoms with Crippen molar-refractivity contribution in [1.82, 2.24) is 9.78 Å². The number of aryl methyl sites for hydroxylation is 1. The largest absolute Gasteiger partial charge is 0.497 e. The monoisotopic (exact) mass is 272 g/mol. The second-order valence-electron chi connectivity index (χ2n) is 4.21. The van der Waals surface area contributed by atoms with Gasteiger partial charge in [-0.15, -0.1) is 0 Å². The molecule has 0 amide bonds. The Kier molecular flexibility index (Phi) is 4.20. The molecule has 1 heterocycles. The predicted molar refractivity (Wildman–Crippen MR) is 76.1 cm³/mol. The summed E-state index contributed by atoms with van der Waals surface area (Å²) in [5, 5.41) is 4.04. The number of ether oxygens (including phenoxy) is 2. The van der Waals surface area contributed by atoms with E-state index in [1.807, 2.05) is 13.2 Å². The number of carbonyl (C=O) groups excluding carboxylic acids is 1. The third-order valence-corrected chi connectivity index (χ3v) is 2.83. The Labute approximate surface area is 117 Å². The zero-order valence-electron chi connectivity index (χ0n) is 11.7. The van der Waals surface area contributed by atoms with Crippen molar-refractivity contribution in [3.8, 4) is 11.5 Å². The first kappa shape index (κ1) is 13.9. The molecule has 0 spiro atoms. The van der Waals surface area contributed by atoms with Crippen LogP contribution in [0.4, 0.5) is 0 Å². The van der Waals surface area contributed by atoms with E-state index in [1.54, 1.807) is 42.3 Å². The number of nitrogens with zero attached hydrogens (tertiary/aromatic N) is 2. The third kappa shape index (κ3) is 3.06. The van der Waals surface area contributed by atoms with E-state index in [-0.39, 0.29) is 5.78 Å². The first-order valence-corrected chi connectivity index (χ1v) is 6.07. The molecule has 0 radical (unpaired) electrons. The Bertz CT molecular complexity index is 644. The number of methoxy groups -OCH3 is 2. The molecule has 104 valence electrons. The summed E-state index contributed by atoms with van der Waals surface area (Å²) in [6.45, 7) is 0. The van der Waals surface area contributed by atoms with E-state index >= 15 is 0 Å². The first-order chi connectivity index (χ1) is 9.63. The fourth-order valence-electron chi connectivity index (χ4n) is 1.79. The maximum Gasteiger partial charge on any atom is 0.189 e. The molecule has 0 saturated carbocycles. The number of allylic oxidation sites excluding steroid dienone is 1. The van der Waals surface area contributed by atoms with Crippen LogP contribution in [0, 0.1) is 0 Å². The summed E-state index contributed by atoms with van der Waals surface area (Å²) in [6.07, 6.45) is 6.74.